The van der Waals surface area contributed by atoms with E-state index in [4.69, 9.17) is 0 Å². The van der Waals surface area contributed by atoms with Crippen molar-refractivity contribution in [3.8, 4) is 11.4 Å². The molecule has 0 aromatic carbocycles. The molecule has 1 atom stereocenters. The first-order valence-corrected chi connectivity index (χ1v) is 8.88. The summed E-state index contributed by atoms with van der Waals surface area (Å²) in [5, 5.41) is 17.4. The van der Waals surface area contributed by atoms with Gasteiger partial charge in [-0.25, -0.2) is 13.5 Å². The zero-order valence-corrected chi connectivity index (χ0v) is 16.0. The third-order valence-electron chi connectivity index (χ3n) is 4.94. The highest BCUT2D eigenvalue weighted by Crippen LogP contribution is 2.32. The Morgan fingerprint density at radius 1 is 1.43 bits per heavy atom. The Morgan fingerprint density at radius 3 is 2.82 bits per heavy atom. The van der Waals surface area contributed by atoms with Gasteiger partial charge in [0.2, 0.25) is 0 Å². The number of aromatic nitrogens is 4. The summed E-state index contributed by atoms with van der Waals surface area (Å²) in [4.78, 5) is 17.8. The van der Waals surface area contributed by atoms with Gasteiger partial charge in [0.15, 0.2) is 0 Å². The SMILES string of the molecule is COC(=O)C1CN(Cc2ccc(-c3nnn(C)c3CO)nc2C)CC(F)(F)C1. The first-order valence-electron chi connectivity index (χ1n) is 8.88. The number of nitrogens with zero attached hydrogens (tertiary/aromatic N) is 5. The van der Waals surface area contributed by atoms with Crippen molar-refractivity contribution in [3.05, 3.63) is 29.1 Å². The topological polar surface area (TPSA) is 93.4 Å². The van der Waals surface area contributed by atoms with E-state index in [1.165, 1.54) is 11.8 Å². The number of likely N-dealkylation sites (tertiary alicyclic amines) is 1. The van der Waals surface area contributed by atoms with Crippen molar-refractivity contribution >= 4 is 5.97 Å². The molecule has 2 aromatic heterocycles. The molecule has 2 aromatic rings. The van der Waals surface area contributed by atoms with E-state index in [-0.39, 0.29) is 19.7 Å². The Hall–Kier alpha value is -2.46. The zero-order valence-electron chi connectivity index (χ0n) is 16.0. The molecule has 0 amide bonds. The van der Waals surface area contributed by atoms with Crippen molar-refractivity contribution in [2.24, 2.45) is 13.0 Å². The van der Waals surface area contributed by atoms with Gasteiger partial charge in [-0.15, -0.1) is 5.10 Å². The summed E-state index contributed by atoms with van der Waals surface area (Å²) in [6, 6.07) is 3.53. The second kappa shape index (κ2) is 7.88. The highest BCUT2D eigenvalue weighted by atomic mass is 19.3. The van der Waals surface area contributed by atoms with Crippen LogP contribution in [-0.4, -0.2) is 62.1 Å². The van der Waals surface area contributed by atoms with Gasteiger partial charge >= 0.3 is 5.97 Å². The highest BCUT2D eigenvalue weighted by molar-refractivity contribution is 5.72. The van der Waals surface area contributed by atoms with E-state index in [1.807, 2.05) is 0 Å². The average Bonchev–Trinajstić information content (AvgIpc) is 3.02. The van der Waals surface area contributed by atoms with Crippen LogP contribution < -0.4 is 0 Å². The van der Waals surface area contributed by atoms with Crippen LogP contribution in [0.25, 0.3) is 11.4 Å². The predicted octanol–water partition coefficient (Wildman–Crippen LogP) is 1.31. The average molecular weight is 395 g/mol. The molecule has 28 heavy (non-hydrogen) atoms. The number of esters is 1. The molecule has 1 saturated heterocycles. The summed E-state index contributed by atoms with van der Waals surface area (Å²) >= 11 is 0. The number of carbonyl (C=O) groups is 1. The standard InChI is InChI=1S/C18H23F2N5O3/c1-11-12(4-5-14(21-11)16-15(9-26)24(2)23-22-16)7-25-8-13(17(27)28-3)6-18(19,20)10-25/h4-5,13,26H,6-10H2,1-3H3. The van der Waals surface area contributed by atoms with Crippen LogP contribution in [0.5, 0.6) is 0 Å². The second-order valence-corrected chi connectivity index (χ2v) is 7.06. The molecule has 0 bridgehead atoms. The maximum absolute atomic E-state index is 14.1. The Balaban J connectivity index is 1.80. The molecule has 152 valence electrons. The van der Waals surface area contributed by atoms with Crippen LogP contribution >= 0.6 is 0 Å². The Kier molecular flexibility index (Phi) is 5.71. The third kappa shape index (κ3) is 4.17. The lowest BCUT2D eigenvalue weighted by Crippen LogP contribution is -2.49. The quantitative estimate of drug-likeness (QED) is 0.763. The third-order valence-corrected chi connectivity index (χ3v) is 4.94. The van der Waals surface area contributed by atoms with Gasteiger partial charge in [-0.1, -0.05) is 11.3 Å². The van der Waals surface area contributed by atoms with Crippen LogP contribution in [0.3, 0.4) is 0 Å². The molecule has 0 radical (unpaired) electrons. The Bertz CT molecular complexity index is 871. The van der Waals surface area contributed by atoms with Gasteiger partial charge in [0.1, 0.15) is 5.69 Å². The fourth-order valence-corrected chi connectivity index (χ4v) is 3.52. The number of ether oxygens (including phenoxy) is 1. The fraction of sp³-hybridized carbons (Fsp3) is 0.556. The molecule has 3 rings (SSSR count). The molecule has 10 heteroatoms. The van der Waals surface area contributed by atoms with Gasteiger partial charge < -0.3 is 9.84 Å². The summed E-state index contributed by atoms with van der Waals surface area (Å²) in [5.74, 6) is -4.42. The number of aliphatic hydroxyl groups excluding tert-OH is 1. The molecule has 1 fully saturated rings. The molecule has 1 N–H and O–H groups in total. The summed E-state index contributed by atoms with van der Waals surface area (Å²) in [7, 11) is 2.89. The molecule has 0 spiro atoms. The van der Waals surface area contributed by atoms with Crippen LogP contribution in [0.1, 0.15) is 23.4 Å². The smallest absolute Gasteiger partial charge is 0.310 e. The van der Waals surface area contributed by atoms with E-state index in [9.17, 15) is 18.7 Å². The van der Waals surface area contributed by atoms with Gasteiger partial charge in [-0.05, 0) is 18.6 Å². The number of halogens is 2. The molecule has 0 aliphatic carbocycles. The van der Waals surface area contributed by atoms with Gasteiger partial charge in [0.25, 0.3) is 5.92 Å². The summed E-state index contributed by atoms with van der Waals surface area (Å²) in [6.45, 7) is 1.60. The molecule has 1 unspecified atom stereocenters. The van der Waals surface area contributed by atoms with Gasteiger partial charge in [-0.2, -0.15) is 0 Å². The summed E-state index contributed by atoms with van der Waals surface area (Å²) in [5.41, 5.74) is 3.01. The molecule has 8 nitrogen and oxygen atoms in total. The van der Waals surface area contributed by atoms with Crippen molar-refractivity contribution in [2.75, 3.05) is 20.2 Å². The van der Waals surface area contributed by atoms with Crippen molar-refractivity contribution in [3.63, 3.8) is 0 Å². The summed E-state index contributed by atoms with van der Waals surface area (Å²) < 4.78 is 34.3. The lowest BCUT2D eigenvalue weighted by Gasteiger charge is -2.36. The fourth-order valence-electron chi connectivity index (χ4n) is 3.52. The zero-order chi connectivity index (χ0) is 20.5. The van der Waals surface area contributed by atoms with E-state index >= 15 is 0 Å². The molecule has 0 saturated carbocycles. The number of carbonyl (C=O) groups excluding carboxylic acids is 1. The minimum absolute atomic E-state index is 0.211. The first kappa shape index (κ1) is 20.3. The number of methoxy groups -OCH3 is 1. The Morgan fingerprint density at radius 2 is 2.18 bits per heavy atom. The largest absolute Gasteiger partial charge is 0.469 e. The lowest BCUT2D eigenvalue weighted by atomic mass is 9.94. The van der Waals surface area contributed by atoms with Gasteiger partial charge in [0, 0.05) is 32.3 Å². The number of piperidine rings is 1. The van der Waals surface area contributed by atoms with Crippen LogP contribution in [0.2, 0.25) is 0 Å². The number of aryl methyl sites for hydroxylation is 2. The maximum atomic E-state index is 14.1. The van der Waals surface area contributed by atoms with Gasteiger partial charge in [0.05, 0.1) is 37.6 Å². The maximum Gasteiger partial charge on any atom is 0.310 e. The molecular weight excluding hydrogens is 372 g/mol. The highest BCUT2D eigenvalue weighted by Gasteiger charge is 2.43. The number of hydrogen-bond acceptors (Lipinski definition) is 7. The van der Waals surface area contributed by atoms with Crippen molar-refractivity contribution in [1.29, 1.82) is 0 Å². The number of rotatable bonds is 5. The number of hydrogen-bond donors (Lipinski definition) is 1. The first-order chi connectivity index (χ1) is 13.2. The molecular formula is C18H23F2N5O3. The minimum atomic E-state index is -2.95. The van der Waals surface area contributed by atoms with E-state index in [0.29, 0.717) is 22.8 Å². The van der Waals surface area contributed by atoms with Crippen LogP contribution in [0, 0.1) is 12.8 Å². The molecule has 3 heterocycles. The van der Waals surface area contributed by atoms with Crippen molar-refractivity contribution in [2.45, 2.75) is 32.4 Å². The van der Waals surface area contributed by atoms with E-state index in [2.05, 4.69) is 20.0 Å². The normalized spacial score (nSPS) is 19.6. The second-order valence-electron chi connectivity index (χ2n) is 7.06. The van der Waals surface area contributed by atoms with Crippen molar-refractivity contribution in [1.82, 2.24) is 24.9 Å². The van der Waals surface area contributed by atoms with Crippen molar-refractivity contribution < 1.29 is 23.4 Å². The lowest BCUT2D eigenvalue weighted by molar-refractivity contribution is -0.157. The number of aliphatic hydroxyl groups is 1. The van der Waals surface area contributed by atoms with E-state index in [1.54, 1.807) is 31.0 Å². The predicted molar refractivity (Wildman–Crippen MR) is 95.2 cm³/mol. The van der Waals surface area contributed by atoms with Gasteiger partial charge in [-0.3, -0.25) is 14.7 Å². The van der Waals surface area contributed by atoms with Crippen LogP contribution in [-0.2, 0) is 29.7 Å². The number of alkyl halides is 2. The van der Waals surface area contributed by atoms with Crippen LogP contribution in [0.15, 0.2) is 12.1 Å². The van der Waals surface area contributed by atoms with E-state index in [0.717, 1.165) is 5.56 Å². The molecule has 1 aliphatic rings. The number of pyridine rings is 1. The van der Waals surface area contributed by atoms with E-state index < -0.39 is 30.8 Å². The Labute approximate surface area is 161 Å². The van der Waals surface area contributed by atoms with Crippen LogP contribution in [0.4, 0.5) is 8.78 Å². The monoisotopic (exact) mass is 395 g/mol. The summed E-state index contributed by atoms with van der Waals surface area (Å²) in [6.07, 6.45) is -0.497. The minimum Gasteiger partial charge on any atom is -0.469 e. The molecule has 1 aliphatic heterocycles.